The Balaban J connectivity index is 1.91. The van der Waals surface area contributed by atoms with E-state index in [2.05, 4.69) is 0 Å². The second-order valence-corrected chi connectivity index (χ2v) is 5.33. The van der Waals surface area contributed by atoms with Crippen LogP contribution in [0.5, 0.6) is 0 Å². The molecule has 0 heterocycles. The van der Waals surface area contributed by atoms with Crippen LogP contribution in [0.4, 0.5) is 0 Å². The van der Waals surface area contributed by atoms with Gasteiger partial charge in [0.15, 0.2) is 0 Å². The van der Waals surface area contributed by atoms with E-state index >= 15 is 0 Å². The molecule has 2 aliphatic carbocycles. The summed E-state index contributed by atoms with van der Waals surface area (Å²) < 4.78 is 0. The van der Waals surface area contributed by atoms with Gasteiger partial charge < -0.3 is 0 Å². The van der Waals surface area contributed by atoms with Gasteiger partial charge in [0.05, 0.1) is 0 Å². The van der Waals surface area contributed by atoms with Gasteiger partial charge in [0.25, 0.3) is 0 Å². The molecular formula is C13H24. The van der Waals surface area contributed by atoms with Crippen LogP contribution < -0.4 is 0 Å². The second-order valence-electron chi connectivity index (χ2n) is 5.33. The van der Waals surface area contributed by atoms with Gasteiger partial charge in [0.2, 0.25) is 0 Å². The van der Waals surface area contributed by atoms with E-state index in [1.807, 2.05) is 0 Å². The van der Waals surface area contributed by atoms with Gasteiger partial charge in [0.1, 0.15) is 0 Å². The Morgan fingerprint density at radius 1 is 0.385 bits per heavy atom. The second kappa shape index (κ2) is 4.48. The highest BCUT2D eigenvalue weighted by atomic mass is 14.4. The summed E-state index contributed by atoms with van der Waals surface area (Å²) in [4.78, 5) is 0. The third-order valence-corrected chi connectivity index (χ3v) is 4.33. The van der Waals surface area contributed by atoms with Gasteiger partial charge >= 0.3 is 0 Å². The van der Waals surface area contributed by atoms with Gasteiger partial charge in [-0.15, -0.1) is 0 Å². The molecule has 0 amide bonds. The lowest BCUT2D eigenvalue weighted by Gasteiger charge is -2.38. The molecule has 13 heavy (non-hydrogen) atoms. The summed E-state index contributed by atoms with van der Waals surface area (Å²) in [6.45, 7) is 0. The quantitative estimate of drug-likeness (QED) is 0.507. The van der Waals surface area contributed by atoms with Crippen molar-refractivity contribution in [1.29, 1.82) is 0 Å². The van der Waals surface area contributed by atoms with Gasteiger partial charge in [-0.3, -0.25) is 0 Å². The molecule has 0 saturated heterocycles. The molecule has 0 aliphatic heterocycles. The first-order chi connectivity index (χ1) is 6.41. The minimum Gasteiger partial charge on any atom is -0.0533 e. The van der Waals surface area contributed by atoms with E-state index in [4.69, 9.17) is 0 Å². The summed E-state index contributed by atoms with van der Waals surface area (Å²) in [5, 5.41) is 0. The van der Waals surface area contributed by atoms with Crippen LogP contribution in [0.15, 0.2) is 0 Å². The minimum absolute atomic E-state index is 0.832. The predicted octanol–water partition coefficient (Wildman–Crippen LogP) is 4.68. The molecular weight excluding hydrogens is 156 g/mol. The number of hydrogen-bond donors (Lipinski definition) is 0. The normalized spacial score (nSPS) is 29.5. The molecule has 2 rings (SSSR count). The monoisotopic (exact) mass is 180 g/mol. The molecule has 0 radical (unpaired) electrons. The van der Waals surface area contributed by atoms with Crippen LogP contribution in [0.1, 0.15) is 77.0 Å². The van der Waals surface area contributed by atoms with Crippen LogP contribution in [0.2, 0.25) is 0 Å². The summed E-state index contributed by atoms with van der Waals surface area (Å²) in [5.74, 6) is 0. The zero-order valence-electron chi connectivity index (χ0n) is 8.99. The molecule has 2 aliphatic rings. The standard InChI is InChI=1S/C13H24/c1-2-5-9-13(10-6-3-1)11-7-4-8-12-13/h1-12H2. The highest BCUT2D eigenvalue weighted by Gasteiger charge is 2.31. The van der Waals surface area contributed by atoms with Crippen LogP contribution in [-0.4, -0.2) is 0 Å². The van der Waals surface area contributed by atoms with Gasteiger partial charge in [0, 0.05) is 0 Å². The van der Waals surface area contributed by atoms with Crippen molar-refractivity contribution in [3.63, 3.8) is 0 Å². The third kappa shape index (κ3) is 2.48. The van der Waals surface area contributed by atoms with E-state index in [1.54, 1.807) is 25.7 Å². The van der Waals surface area contributed by atoms with Crippen molar-refractivity contribution in [1.82, 2.24) is 0 Å². The van der Waals surface area contributed by atoms with E-state index in [9.17, 15) is 0 Å². The molecule has 0 atom stereocenters. The number of rotatable bonds is 0. The van der Waals surface area contributed by atoms with Crippen molar-refractivity contribution < 1.29 is 0 Å². The maximum atomic E-state index is 1.56. The summed E-state index contributed by atoms with van der Waals surface area (Å²) in [6.07, 6.45) is 18.4. The zero-order chi connectivity index (χ0) is 8.99. The van der Waals surface area contributed by atoms with Crippen molar-refractivity contribution in [2.24, 2.45) is 5.41 Å². The van der Waals surface area contributed by atoms with Gasteiger partial charge in [-0.2, -0.15) is 0 Å². The SMILES string of the molecule is C1CCCC2(CCC1)CCCCC2. The zero-order valence-corrected chi connectivity index (χ0v) is 8.99. The summed E-state index contributed by atoms with van der Waals surface area (Å²) >= 11 is 0. The summed E-state index contributed by atoms with van der Waals surface area (Å²) in [6, 6.07) is 0. The smallest absolute Gasteiger partial charge is 0.0297 e. The van der Waals surface area contributed by atoms with Crippen LogP contribution in [0.25, 0.3) is 0 Å². The van der Waals surface area contributed by atoms with Crippen molar-refractivity contribution in [3.05, 3.63) is 0 Å². The maximum Gasteiger partial charge on any atom is -0.0297 e. The number of hydrogen-bond acceptors (Lipinski definition) is 0. The molecule has 2 saturated carbocycles. The first-order valence-corrected chi connectivity index (χ1v) is 6.41. The van der Waals surface area contributed by atoms with E-state index < -0.39 is 0 Å². The van der Waals surface area contributed by atoms with Crippen LogP contribution in [0, 0.1) is 5.41 Å². The molecule has 0 N–H and O–H groups in total. The Kier molecular flexibility index (Phi) is 3.29. The Morgan fingerprint density at radius 3 is 1.15 bits per heavy atom. The molecule has 0 aromatic heterocycles. The fourth-order valence-electron chi connectivity index (χ4n) is 3.46. The molecule has 0 heteroatoms. The van der Waals surface area contributed by atoms with E-state index in [0.717, 1.165) is 5.41 Å². The van der Waals surface area contributed by atoms with E-state index in [0.29, 0.717) is 0 Å². The predicted molar refractivity (Wildman–Crippen MR) is 57.8 cm³/mol. The molecule has 0 aromatic carbocycles. The molecule has 0 bridgehead atoms. The van der Waals surface area contributed by atoms with Gasteiger partial charge in [-0.1, -0.05) is 51.4 Å². The highest BCUT2D eigenvalue weighted by Crippen LogP contribution is 2.45. The van der Waals surface area contributed by atoms with Crippen LogP contribution in [-0.2, 0) is 0 Å². The van der Waals surface area contributed by atoms with E-state index in [1.165, 1.54) is 51.4 Å². The topological polar surface area (TPSA) is 0 Å². The summed E-state index contributed by atoms with van der Waals surface area (Å²) in [5.41, 5.74) is 0.832. The molecule has 2 fully saturated rings. The van der Waals surface area contributed by atoms with Crippen molar-refractivity contribution in [2.75, 3.05) is 0 Å². The van der Waals surface area contributed by atoms with E-state index in [-0.39, 0.29) is 0 Å². The molecule has 0 aromatic rings. The Morgan fingerprint density at radius 2 is 0.692 bits per heavy atom. The van der Waals surface area contributed by atoms with Gasteiger partial charge in [-0.05, 0) is 31.1 Å². The highest BCUT2D eigenvalue weighted by molar-refractivity contribution is 4.83. The third-order valence-electron chi connectivity index (χ3n) is 4.33. The molecule has 0 nitrogen and oxygen atoms in total. The van der Waals surface area contributed by atoms with Crippen LogP contribution >= 0.6 is 0 Å². The van der Waals surface area contributed by atoms with Crippen LogP contribution in [0.3, 0.4) is 0 Å². The first-order valence-electron chi connectivity index (χ1n) is 6.41. The average molecular weight is 180 g/mol. The Labute approximate surface area is 83.1 Å². The minimum atomic E-state index is 0.832. The fraction of sp³-hybridized carbons (Fsp3) is 1.00. The van der Waals surface area contributed by atoms with Crippen molar-refractivity contribution in [2.45, 2.75) is 77.0 Å². The van der Waals surface area contributed by atoms with Crippen molar-refractivity contribution in [3.8, 4) is 0 Å². The van der Waals surface area contributed by atoms with Crippen molar-refractivity contribution >= 4 is 0 Å². The maximum absolute atomic E-state index is 1.56. The summed E-state index contributed by atoms with van der Waals surface area (Å²) in [7, 11) is 0. The Bertz CT molecular complexity index is 132. The fourth-order valence-corrected chi connectivity index (χ4v) is 3.46. The molecule has 76 valence electrons. The average Bonchev–Trinajstić information content (AvgIpc) is 2.14. The lowest BCUT2D eigenvalue weighted by molar-refractivity contribution is 0.139. The lowest BCUT2D eigenvalue weighted by atomic mass is 9.67. The lowest BCUT2D eigenvalue weighted by Crippen LogP contribution is -2.24. The largest absolute Gasteiger partial charge is 0.0533 e. The Hall–Kier alpha value is 0. The molecule has 1 spiro atoms. The van der Waals surface area contributed by atoms with Gasteiger partial charge in [-0.25, -0.2) is 0 Å². The molecule has 0 unspecified atom stereocenters. The first kappa shape index (κ1) is 9.55.